The minimum atomic E-state index is -0.445. The molecule has 0 aliphatic rings. The molecule has 0 saturated heterocycles. The van der Waals surface area contributed by atoms with E-state index in [0.717, 1.165) is 27.9 Å². The van der Waals surface area contributed by atoms with E-state index < -0.39 is 5.82 Å². The van der Waals surface area contributed by atoms with E-state index in [1.807, 2.05) is 47.2 Å². The van der Waals surface area contributed by atoms with Gasteiger partial charge in [0.25, 0.3) is 0 Å². The van der Waals surface area contributed by atoms with Gasteiger partial charge in [-0.25, -0.2) is 14.4 Å². The lowest BCUT2D eigenvalue weighted by molar-refractivity contribution is 0.554. The van der Waals surface area contributed by atoms with E-state index in [1.54, 1.807) is 12.3 Å². The van der Waals surface area contributed by atoms with E-state index in [1.165, 1.54) is 12.5 Å². The maximum atomic E-state index is 14.3. The maximum Gasteiger partial charge on any atom is 0.190 e. The van der Waals surface area contributed by atoms with Crippen LogP contribution in [-0.2, 0) is 0 Å². The molecular weight excluding hydrogens is 413 g/mol. The molecular formula is C28H18FN3O. The van der Waals surface area contributed by atoms with Crippen LogP contribution in [0, 0.1) is 5.82 Å². The lowest BCUT2D eigenvalue weighted by atomic mass is 9.95. The van der Waals surface area contributed by atoms with Crippen molar-refractivity contribution in [1.29, 1.82) is 0 Å². The molecule has 0 bridgehead atoms. The Hall–Kier alpha value is -4.51. The standard InChI is InChI=1S/C28H18FN3O/c29-24-15-14-23(25-27(24)33-18-31-25)28-30-16-17-32(28)26-21(19-8-3-1-4-9-19)12-7-13-22(26)20-10-5-2-6-11-20/h1-18H. The molecule has 0 fully saturated rings. The molecule has 6 rings (SSSR count). The molecule has 0 amide bonds. The van der Waals surface area contributed by atoms with Crippen LogP contribution < -0.4 is 0 Å². The summed E-state index contributed by atoms with van der Waals surface area (Å²) in [5.41, 5.74) is 6.58. The Labute approximate surface area is 189 Å². The van der Waals surface area contributed by atoms with Gasteiger partial charge in [0.15, 0.2) is 17.8 Å². The summed E-state index contributed by atoms with van der Waals surface area (Å²) in [5, 5.41) is 0. The molecule has 0 radical (unpaired) electrons. The van der Waals surface area contributed by atoms with Gasteiger partial charge in [-0.2, -0.15) is 0 Å². The third-order valence-electron chi connectivity index (χ3n) is 5.76. The van der Waals surface area contributed by atoms with Gasteiger partial charge in [-0.3, -0.25) is 4.57 Å². The minimum absolute atomic E-state index is 0.127. The number of hydrogen-bond acceptors (Lipinski definition) is 3. The molecule has 6 aromatic rings. The first-order valence-electron chi connectivity index (χ1n) is 10.6. The van der Waals surface area contributed by atoms with Gasteiger partial charge < -0.3 is 4.42 Å². The van der Waals surface area contributed by atoms with Crippen LogP contribution >= 0.6 is 0 Å². The van der Waals surface area contributed by atoms with Crippen LogP contribution in [0.1, 0.15) is 0 Å². The average Bonchev–Trinajstić information content (AvgIpc) is 3.56. The second kappa shape index (κ2) is 7.88. The molecule has 158 valence electrons. The van der Waals surface area contributed by atoms with Gasteiger partial charge in [-0.05, 0) is 23.3 Å². The molecule has 2 heterocycles. The summed E-state index contributed by atoms with van der Waals surface area (Å²) in [5.74, 6) is 0.216. The molecule has 2 aromatic heterocycles. The number of fused-ring (bicyclic) bond motifs is 1. The highest BCUT2D eigenvalue weighted by Gasteiger charge is 2.20. The van der Waals surface area contributed by atoms with Crippen LogP contribution in [0.15, 0.2) is 114 Å². The van der Waals surface area contributed by atoms with Gasteiger partial charge in [0.2, 0.25) is 0 Å². The van der Waals surface area contributed by atoms with Crippen molar-refractivity contribution in [3.63, 3.8) is 0 Å². The number of para-hydroxylation sites is 1. The van der Waals surface area contributed by atoms with Gasteiger partial charge in [0.05, 0.1) is 5.69 Å². The monoisotopic (exact) mass is 431 g/mol. The third kappa shape index (κ3) is 3.22. The largest absolute Gasteiger partial charge is 0.440 e. The zero-order chi connectivity index (χ0) is 22.2. The van der Waals surface area contributed by atoms with Gasteiger partial charge in [-0.15, -0.1) is 0 Å². The van der Waals surface area contributed by atoms with Gasteiger partial charge in [0.1, 0.15) is 11.3 Å². The summed E-state index contributed by atoms with van der Waals surface area (Å²) in [6.45, 7) is 0. The summed E-state index contributed by atoms with van der Waals surface area (Å²) in [4.78, 5) is 8.92. The van der Waals surface area contributed by atoms with Crippen LogP contribution in [0.3, 0.4) is 0 Å². The molecule has 0 aliphatic carbocycles. The van der Waals surface area contributed by atoms with Crippen LogP contribution in [0.2, 0.25) is 0 Å². The highest BCUT2D eigenvalue weighted by Crippen LogP contribution is 2.38. The van der Waals surface area contributed by atoms with E-state index in [9.17, 15) is 4.39 Å². The molecule has 0 spiro atoms. The summed E-state index contributed by atoms with van der Waals surface area (Å²) in [6.07, 6.45) is 4.94. The minimum Gasteiger partial charge on any atom is -0.440 e. The molecule has 0 unspecified atom stereocenters. The van der Waals surface area contributed by atoms with Crippen molar-refractivity contribution >= 4 is 11.1 Å². The first-order valence-corrected chi connectivity index (χ1v) is 10.6. The molecule has 5 heteroatoms. The fourth-order valence-electron chi connectivity index (χ4n) is 4.29. The summed E-state index contributed by atoms with van der Waals surface area (Å²) < 4.78 is 21.6. The van der Waals surface area contributed by atoms with Crippen molar-refractivity contribution in [2.75, 3.05) is 0 Å². The topological polar surface area (TPSA) is 43.9 Å². The Kier molecular flexibility index (Phi) is 4.58. The lowest BCUT2D eigenvalue weighted by Gasteiger charge is -2.18. The highest BCUT2D eigenvalue weighted by molar-refractivity contribution is 5.91. The van der Waals surface area contributed by atoms with E-state index >= 15 is 0 Å². The molecule has 0 atom stereocenters. The third-order valence-corrected chi connectivity index (χ3v) is 5.76. The van der Waals surface area contributed by atoms with Crippen molar-refractivity contribution in [3.8, 4) is 39.3 Å². The van der Waals surface area contributed by atoms with Crippen LogP contribution in [0.25, 0.3) is 50.4 Å². The zero-order valence-electron chi connectivity index (χ0n) is 17.5. The van der Waals surface area contributed by atoms with Gasteiger partial charge >= 0.3 is 0 Å². The molecule has 0 N–H and O–H groups in total. The van der Waals surface area contributed by atoms with Crippen molar-refractivity contribution in [2.45, 2.75) is 0 Å². The fourth-order valence-corrected chi connectivity index (χ4v) is 4.29. The highest BCUT2D eigenvalue weighted by atomic mass is 19.1. The quantitative estimate of drug-likeness (QED) is 0.298. The maximum absolute atomic E-state index is 14.3. The number of aromatic nitrogens is 3. The van der Waals surface area contributed by atoms with Crippen LogP contribution in [0.4, 0.5) is 4.39 Å². The van der Waals surface area contributed by atoms with Crippen molar-refractivity contribution < 1.29 is 8.81 Å². The number of nitrogens with zero attached hydrogens (tertiary/aromatic N) is 3. The number of rotatable bonds is 4. The lowest BCUT2D eigenvalue weighted by Crippen LogP contribution is -2.02. The second-order valence-corrected chi connectivity index (χ2v) is 7.68. The first-order chi connectivity index (χ1) is 16.3. The summed E-state index contributed by atoms with van der Waals surface area (Å²) in [7, 11) is 0. The van der Waals surface area contributed by atoms with Gasteiger partial charge in [-0.1, -0.05) is 78.9 Å². The van der Waals surface area contributed by atoms with Gasteiger partial charge in [0, 0.05) is 29.1 Å². The Balaban J connectivity index is 1.66. The number of oxazole rings is 1. The normalized spacial score (nSPS) is 11.2. The molecule has 4 aromatic carbocycles. The van der Waals surface area contributed by atoms with Crippen molar-refractivity contribution in [2.24, 2.45) is 0 Å². The number of imidazole rings is 1. The smallest absolute Gasteiger partial charge is 0.190 e. The van der Waals surface area contributed by atoms with E-state index in [2.05, 4.69) is 52.4 Å². The Morgan fingerprint density at radius 2 is 1.33 bits per heavy atom. The molecule has 0 aliphatic heterocycles. The van der Waals surface area contributed by atoms with Crippen LogP contribution in [-0.4, -0.2) is 14.5 Å². The first kappa shape index (κ1) is 19.2. The average molecular weight is 431 g/mol. The van der Waals surface area contributed by atoms with Crippen LogP contribution in [0.5, 0.6) is 0 Å². The molecule has 4 nitrogen and oxygen atoms in total. The Morgan fingerprint density at radius 3 is 2.00 bits per heavy atom. The predicted molar refractivity (Wildman–Crippen MR) is 127 cm³/mol. The Morgan fingerprint density at radius 1 is 0.667 bits per heavy atom. The summed E-state index contributed by atoms with van der Waals surface area (Å²) in [6, 6.07) is 29.9. The molecule has 33 heavy (non-hydrogen) atoms. The van der Waals surface area contributed by atoms with Crippen molar-refractivity contribution in [3.05, 3.63) is 116 Å². The SMILES string of the molecule is Fc1ccc(-c2nccn2-c2c(-c3ccccc3)cccc2-c2ccccc2)c2ncoc12. The van der Waals surface area contributed by atoms with E-state index in [0.29, 0.717) is 16.9 Å². The predicted octanol–water partition coefficient (Wildman–Crippen LogP) is 7.15. The zero-order valence-corrected chi connectivity index (χ0v) is 17.5. The Bertz CT molecular complexity index is 1510. The molecule has 0 saturated carbocycles. The van der Waals surface area contributed by atoms with Crippen molar-refractivity contribution in [1.82, 2.24) is 14.5 Å². The van der Waals surface area contributed by atoms with E-state index in [4.69, 9.17) is 4.42 Å². The number of halogens is 1. The second-order valence-electron chi connectivity index (χ2n) is 7.68. The number of hydrogen-bond donors (Lipinski definition) is 0. The number of benzene rings is 4. The summed E-state index contributed by atoms with van der Waals surface area (Å²) >= 11 is 0. The fraction of sp³-hybridized carbons (Fsp3) is 0. The van der Waals surface area contributed by atoms with E-state index in [-0.39, 0.29) is 5.58 Å².